The van der Waals surface area contributed by atoms with Crippen LogP contribution in [0.1, 0.15) is 18.2 Å². The van der Waals surface area contributed by atoms with E-state index in [0.29, 0.717) is 16.9 Å². The average Bonchev–Trinajstić information content (AvgIpc) is 3.31. The van der Waals surface area contributed by atoms with Gasteiger partial charge in [-0.2, -0.15) is 18.3 Å². The molecule has 1 atom stereocenters. The summed E-state index contributed by atoms with van der Waals surface area (Å²) in [6, 6.07) is 4.28. The summed E-state index contributed by atoms with van der Waals surface area (Å²) in [6.07, 6.45) is -4.21. The van der Waals surface area contributed by atoms with Gasteiger partial charge >= 0.3 is 12.3 Å². The van der Waals surface area contributed by atoms with E-state index in [9.17, 15) is 27.2 Å². The molecule has 0 radical (unpaired) electrons. The molecule has 0 spiro atoms. The number of hydrogen-bond donors (Lipinski definition) is 1. The Bertz CT molecular complexity index is 999. The second-order valence-corrected chi connectivity index (χ2v) is 7.46. The van der Waals surface area contributed by atoms with Gasteiger partial charge in [0.2, 0.25) is 5.91 Å². The second kappa shape index (κ2) is 7.75. The Balaban J connectivity index is 1.43. The van der Waals surface area contributed by atoms with Gasteiger partial charge in [-0.05, 0) is 18.2 Å². The predicted octanol–water partition coefficient (Wildman–Crippen LogP) is 2.57. The van der Waals surface area contributed by atoms with Gasteiger partial charge in [-0.1, -0.05) is 0 Å². The van der Waals surface area contributed by atoms with Crippen LogP contribution < -0.4 is 15.1 Å². The van der Waals surface area contributed by atoms with E-state index >= 15 is 0 Å². The molecule has 2 aromatic rings. The van der Waals surface area contributed by atoms with Crippen molar-refractivity contribution in [1.82, 2.24) is 15.1 Å². The first-order chi connectivity index (χ1) is 14.6. The van der Waals surface area contributed by atoms with E-state index in [1.807, 2.05) is 0 Å². The van der Waals surface area contributed by atoms with E-state index in [0.717, 1.165) is 4.68 Å². The number of halogens is 4. The summed E-state index contributed by atoms with van der Waals surface area (Å²) in [5.74, 6) is -0.828. The van der Waals surface area contributed by atoms with Crippen molar-refractivity contribution in [2.75, 3.05) is 22.9 Å². The van der Waals surface area contributed by atoms with Gasteiger partial charge in [-0.3, -0.25) is 14.4 Å². The summed E-state index contributed by atoms with van der Waals surface area (Å²) in [7, 11) is 0. The van der Waals surface area contributed by atoms with Gasteiger partial charge in [0.1, 0.15) is 18.5 Å². The van der Waals surface area contributed by atoms with Crippen LogP contribution in [0, 0.1) is 5.82 Å². The third kappa shape index (κ3) is 4.57. The van der Waals surface area contributed by atoms with E-state index in [4.69, 9.17) is 4.74 Å². The van der Waals surface area contributed by atoms with Crippen molar-refractivity contribution >= 4 is 23.4 Å². The Morgan fingerprint density at radius 3 is 2.74 bits per heavy atom. The third-order valence-electron chi connectivity index (χ3n) is 5.00. The molecule has 0 aliphatic carbocycles. The maximum Gasteiger partial charge on any atom is 0.414 e. The van der Waals surface area contributed by atoms with Crippen molar-refractivity contribution in [1.29, 1.82) is 0 Å². The number of ether oxygens (including phenoxy) is 1. The van der Waals surface area contributed by atoms with E-state index in [-0.39, 0.29) is 37.8 Å². The molecule has 2 aliphatic heterocycles. The van der Waals surface area contributed by atoms with Gasteiger partial charge in [-0.25, -0.2) is 9.18 Å². The van der Waals surface area contributed by atoms with Crippen molar-refractivity contribution in [2.45, 2.75) is 38.8 Å². The Kier molecular flexibility index (Phi) is 5.23. The van der Waals surface area contributed by atoms with Crippen molar-refractivity contribution in [3.8, 4) is 0 Å². The molecule has 1 fully saturated rings. The maximum atomic E-state index is 14.8. The minimum Gasteiger partial charge on any atom is -0.442 e. The molecule has 31 heavy (non-hydrogen) atoms. The molecule has 12 heteroatoms. The number of rotatable bonds is 5. The van der Waals surface area contributed by atoms with Gasteiger partial charge in [0.25, 0.3) is 0 Å². The molecular weight excluding hydrogens is 422 g/mol. The summed E-state index contributed by atoms with van der Waals surface area (Å²) in [5.41, 5.74) is 1.64. The van der Waals surface area contributed by atoms with E-state index in [1.165, 1.54) is 30.2 Å². The van der Waals surface area contributed by atoms with Crippen molar-refractivity contribution < 1.29 is 31.9 Å². The van der Waals surface area contributed by atoms with Gasteiger partial charge in [0, 0.05) is 25.2 Å². The molecule has 1 saturated heterocycles. The lowest BCUT2D eigenvalue weighted by molar-refractivity contribution is -0.142. The maximum absolute atomic E-state index is 14.8. The van der Waals surface area contributed by atoms with E-state index in [1.54, 1.807) is 11.0 Å². The zero-order valence-corrected chi connectivity index (χ0v) is 16.4. The topological polar surface area (TPSA) is 79.7 Å². The van der Waals surface area contributed by atoms with Gasteiger partial charge < -0.3 is 15.0 Å². The Morgan fingerprint density at radius 1 is 1.32 bits per heavy atom. The summed E-state index contributed by atoms with van der Waals surface area (Å²) in [5, 5.41) is 6.51. The quantitative estimate of drug-likeness (QED) is 0.722. The average molecular weight is 441 g/mol. The molecule has 4 rings (SSSR count). The molecule has 2 amide bonds. The number of carbonyl (C=O) groups is 2. The largest absolute Gasteiger partial charge is 0.442 e. The predicted molar refractivity (Wildman–Crippen MR) is 101 cm³/mol. The lowest BCUT2D eigenvalue weighted by Crippen LogP contribution is -2.33. The smallest absolute Gasteiger partial charge is 0.414 e. The fraction of sp³-hybridized carbons (Fsp3) is 0.421. The first-order valence-corrected chi connectivity index (χ1v) is 9.48. The number of carbonyl (C=O) groups excluding carboxylic acids is 2. The van der Waals surface area contributed by atoms with Gasteiger partial charge in [0.15, 0.2) is 0 Å². The number of alkyl halides is 3. The minimum atomic E-state index is -4.36. The van der Waals surface area contributed by atoms with Gasteiger partial charge in [-0.15, -0.1) is 0 Å². The van der Waals surface area contributed by atoms with Crippen LogP contribution in [0.5, 0.6) is 0 Å². The summed E-state index contributed by atoms with van der Waals surface area (Å²) >= 11 is 0. The van der Waals surface area contributed by atoms with Crippen LogP contribution in [0.2, 0.25) is 0 Å². The van der Waals surface area contributed by atoms with Crippen molar-refractivity contribution in [3.63, 3.8) is 0 Å². The summed E-state index contributed by atoms with van der Waals surface area (Å²) in [6.45, 7) is 0.923. The monoisotopic (exact) mass is 441 g/mol. The lowest BCUT2D eigenvalue weighted by Gasteiger charge is -2.21. The first-order valence-electron chi connectivity index (χ1n) is 9.48. The summed E-state index contributed by atoms with van der Waals surface area (Å²) < 4.78 is 58.4. The zero-order chi connectivity index (χ0) is 22.3. The molecule has 0 saturated carbocycles. The highest BCUT2D eigenvalue weighted by Gasteiger charge is 2.34. The number of hydrogen-bond acceptors (Lipinski definition) is 5. The Labute approximate surface area is 174 Å². The highest BCUT2D eigenvalue weighted by Crippen LogP contribution is 2.33. The fourth-order valence-corrected chi connectivity index (χ4v) is 3.66. The second-order valence-electron chi connectivity index (χ2n) is 7.46. The van der Waals surface area contributed by atoms with Gasteiger partial charge in [0.05, 0.1) is 36.7 Å². The van der Waals surface area contributed by atoms with E-state index in [2.05, 4.69) is 10.4 Å². The molecule has 1 N–H and O–H groups in total. The molecule has 1 aromatic heterocycles. The Hall–Kier alpha value is -3.31. The highest BCUT2D eigenvalue weighted by molar-refractivity contribution is 5.90. The van der Waals surface area contributed by atoms with Crippen LogP contribution in [0.25, 0.3) is 0 Å². The SMILES string of the molecule is CC(=O)NCC1CN(c2ccc(N3Cc4cn(CC(F)(F)F)nc4C3)c(F)c2)C(=O)O1. The first kappa shape index (κ1) is 20.9. The number of fused-ring (bicyclic) bond motifs is 1. The molecule has 166 valence electrons. The number of aromatic nitrogens is 2. The lowest BCUT2D eigenvalue weighted by atomic mass is 10.2. The van der Waals surface area contributed by atoms with E-state index < -0.39 is 30.7 Å². The number of nitrogens with zero attached hydrogens (tertiary/aromatic N) is 4. The van der Waals surface area contributed by atoms with Crippen molar-refractivity contribution in [3.05, 3.63) is 41.5 Å². The van der Waals surface area contributed by atoms with Crippen LogP contribution in [0.15, 0.2) is 24.4 Å². The molecule has 8 nitrogen and oxygen atoms in total. The molecule has 1 unspecified atom stereocenters. The summed E-state index contributed by atoms with van der Waals surface area (Å²) in [4.78, 5) is 26.0. The molecule has 1 aromatic carbocycles. The molecular formula is C19H19F4N5O3. The number of cyclic esters (lactones) is 1. The highest BCUT2D eigenvalue weighted by atomic mass is 19.4. The standard InChI is InChI=1S/C19H19F4N5O3/c1-11(29)24-5-14-8-28(18(30)31-14)13-2-3-17(15(20)4-13)26-6-12-7-27(10-19(21,22)23)25-16(12)9-26/h2-4,7,14H,5-6,8-10H2,1H3,(H,24,29). The fourth-order valence-electron chi connectivity index (χ4n) is 3.66. The normalized spacial score (nSPS) is 18.4. The third-order valence-corrected chi connectivity index (χ3v) is 5.00. The number of benzene rings is 1. The van der Waals surface area contributed by atoms with Crippen LogP contribution in [-0.2, 0) is 29.2 Å². The van der Waals surface area contributed by atoms with Crippen LogP contribution in [0.3, 0.4) is 0 Å². The van der Waals surface area contributed by atoms with Crippen LogP contribution in [-0.4, -0.2) is 47.2 Å². The number of amides is 2. The Morgan fingerprint density at radius 2 is 2.10 bits per heavy atom. The van der Waals surface area contributed by atoms with Crippen LogP contribution >= 0.6 is 0 Å². The minimum absolute atomic E-state index is 0.161. The van der Waals surface area contributed by atoms with Crippen LogP contribution in [0.4, 0.5) is 33.7 Å². The zero-order valence-electron chi connectivity index (χ0n) is 16.4. The molecule has 2 aliphatic rings. The molecule has 0 bridgehead atoms. The number of nitrogens with one attached hydrogen (secondary N) is 1. The number of anilines is 2. The molecule has 3 heterocycles. The van der Waals surface area contributed by atoms with Crippen molar-refractivity contribution in [2.24, 2.45) is 0 Å².